The van der Waals surface area contributed by atoms with Crippen molar-refractivity contribution in [2.24, 2.45) is 7.05 Å². The standard InChI is InChI=1S/C15H18N2O5S/c1-16-5-4-11-2-3-13(9-14(11)16)23(20,21)17-6-7-22-12(10-17)8-15(18)19/h2-5,9,12H,6-8,10H2,1H3,(H,18,19). The molecule has 0 radical (unpaired) electrons. The predicted molar refractivity (Wildman–Crippen MR) is 83.7 cm³/mol. The summed E-state index contributed by atoms with van der Waals surface area (Å²) in [7, 11) is -1.81. The van der Waals surface area contributed by atoms with Crippen molar-refractivity contribution in [3.63, 3.8) is 0 Å². The molecule has 23 heavy (non-hydrogen) atoms. The van der Waals surface area contributed by atoms with Gasteiger partial charge in [0.2, 0.25) is 10.0 Å². The number of hydrogen-bond donors (Lipinski definition) is 1. The average Bonchev–Trinajstić information content (AvgIpc) is 2.88. The van der Waals surface area contributed by atoms with E-state index in [2.05, 4.69) is 0 Å². The Morgan fingerprint density at radius 2 is 2.17 bits per heavy atom. The molecule has 1 aliphatic rings. The lowest BCUT2D eigenvalue weighted by molar-refractivity contribution is -0.141. The predicted octanol–water partition coefficient (Wildman–Crippen LogP) is 1.04. The van der Waals surface area contributed by atoms with Crippen LogP contribution in [-0.4, -0.2) is 54.2 Å². The van der Waals surface area contributed by atoms with Gasteiger partial charge in [-0.25, -0.2) is 8.42 Å². The number of fused-ring (bicyclic) bond motifs is 1. The third-order valence-electron chi connectivity index (χ3n) is 4.00. The first-order valence-corrected chi connectivity index (χ1v) is 8.70. The summed E-state index contributed by atoms with van der Waals surface area (Å²) in [4.78, 5) is 11.0. The van der Waals surface area contributed by atoms with Crippen molar-refractivity contribution in [3.05, 3.63) is 30.5 Å². The van der Waals surface area contributed by atoms with Crippen molar-refractivity contribution >= 4 is 26.9 Å². The number of carboxylic acid groups (broad SMARTS) is 1. The second kappa shape index (κ2) is 5.95. The van der Waals surface area contributed by atoms with E-state index in [1.807, 2.05) is 23.9 Å². The quantitative estimate of drug-likeness (QED) is 0.900. The van der Waals surface area contributed by atoms with E-state index >= 15 is 0 Å². The van der Waals surface area contributed by atoms with E-state index in [1.54, 1.807) is 18.2 Å². The second-order valence-corrected chi connectivity index (χ2v) is 7.54. The lowest BCUT2D eigenvalue weighted by Crippen LogP contribution is -2.46. The molecule has 0 spiro atoms. The minimum atomic E-state index is -3.67. The van der Waals surface area contributed by atoms with Crippen LogP contribution in [0.1, 0.15) is 6.42 Å². The van der Waals surface area contributed by atoms with Crippen LogP contribution in [0.15, 0.2) is 35.4 Å². The summed E-state index contributed by atoms with van der Waals surface area (Å²) in [6, 6.07) is 6.92. The first-order chi connectivity index (χ1) is 10.9. The molecule has 1 aromatic heterocycles. The number of aliphatic carboxylic acids is 1. The highest BCUT2D eigenvalue weighted by molar-refractivity contribution is 7.89. The van der Waals surface area contributed by atoms with Crippen LogP contribution in [-0.2, 0) is 26.6 Å². The number of ether oxygens (including phenoxy) is 1. The molecule has 3 rings (SSSR count). The maximum Gasteiger partial charge on any atom is 0.306 e. The van der Waals surface area contributed by atoms with Crippen LogP contribution < -0.4 is 0 Å². The number of morpholine rings is 1. The van der Waals surface area contributed by atoms with Gasteiger partial charge in [0.1, 0.15) is 0 Å². The third-order valence-corrected chi connectivity index (χ3v) is 5.86. The van der Waals surface area contributed by atoms with Crippen LogP contribution in [0.4, 0.5) is 0 Å². The maximum absolute atomic E-state index is 12.8. The normalized spacial score (nSPS) is 20.0. The molecule has 0 amide bonds. The van der Waals surface area contributed by atoms with Gasteiger partial charge < -0.3 is 14.4 Å². The number of aromatic nitrogens is 1. The molecule has 7 nitrogen and oxygen atoms in total. The van der Waals surface area contributed by atoms with E-state index in [-0.39, 0.29) is 31.0 Å². The first-order valence-electron chi connectivity index (χ1n) is 7.26. The molecule has 1 aromatic carbocycles. The summed E-state index contributed by atoms with van der Waals surface area (Å²) < 4.78 is 34.1. The van der Waals surface area contributed by atoms with Crippen LogP contribution in [0.3, 0.4) is 0 Å². The smallest absolute Gasteiger partial charge is 0.306 e. The lowest BCUT2D eigenvalue weighted by Gasteiger charge is -2.31. The number of nitrogens with zero attached hydrogens (tertiary/aromatic N) is 2. The SMILES string of the molecule is Cn1ccc2ccc(S(=O)(=O)N3CCOC(CC(=O)O)C3)cc21. The van der Waals surface area contributed by atoms with E-state index in [9.17, 15) is 13.2 Å². The minimum absolute atomic E-state index is 0.0554. The Morgan fingerprint density at radius 1 is 1.39 bits per heavy atom. The molecule has 1 atom stereocenters. The second-order valence-electron chi connectivity index (χ2n) is 5.60. The number of benzene rings is 1. The van der Waals surface area contributed by atoms with Gasteiger partial charge in [-0.1, -0.05) is 6.07 Å². The van der Waals surface area contributed by atoms with Crippen molar-refractivity contribution in [1.82, 2.24) is 8.87 Å². The molecule has 1 fully saturated rings. The summed E-state index contributed by atoms with van der Waals surface area (Å²) in [5.74, 6) is -1.00. The van der Waals surface area contributed by atoms with Gasteiger partial charge in [-0.05, 0) is 23.6 Å². The fourth-order valence-electron chi connectivity index (χ4n) is 2.78. The largest absolute Gasteiger partial charge is 0.481 e. The third kappa shape index (κ3) is 3.10. The maximum atomic E-state index is 12.8. The lowest BCUT2D eigenvalue weighted by atomic mass is 10.2. The van der Waals surface area contributed by atoms with Crippen LogP contribution in [0.2, 0.25) is 0 Å². The number of carboxylic acids is 1. The number of hydrogen-bond acceptors (Lipinski definition) is 4. The van der Waals surface area contributed by atoms with E-state index in [0.717, 1.165) is 10.9 Å². The van der Waals surface area contributed by atoms with E-state index < -0.39 is 22.1 Å². The van der Waals surface area contributed by atoms with E-state index in [0.29, 0.717) is 0 Å². The van der Waals surface area contributed by atoms with Gasteiger partial charge in [0.05, 0.1) is 24.0 Å². The monoisotopic (exact) mass is 338 g/mol. The van der Waals surface area contributed by atoms with Crippen LogP contribution in [0, 0.1) is 0 Å². The number of carbonyl (C=O) groups is 1. The van der Waals surface area contributed by atoms with E-state index in [4.69, 9.17) is 9.84 Å². The molecule has 0 saturated carbocycles. The van der Waals surface area contributed by atoms with Gasteiger partial charge in [0, 0.05) is 31.9 Å². The summed E-state index contributed by atoms with van der Waals surface area (Å²) in [5, 5.41) is 9.82. The molecular formula is C15H18N2O5S. The zero-order chi connectivity index (χ0) is 16.6. The fraction of sp³-hybridized carbons (Fsp3) is 0.400. The number of rotatable bonds is 4. The van der Waals surface area contributed by atoms with Crippen LogP contribution in [0.25, 0.3) is 10.9 Å². The molecule has 1 aliphatic heterocycles. The van der Waals surface area contributed by atoms with Crippen LogP contribution in [0.5, 0.6) is 0 Å². The van der Waals surface area contributed by atoms with E-state index in [1.165, 1.54) is 4.31 Å². The Hall–Kier alpha value is -1.90. The van der Waals surface area contributed by atoms with Crippen LogP contribution >= 0.6 is 0 Å². The molecule has 8 heteroatoms. The molecule has 1 saturated heterocycles. The zero-order valence-electron chi connectivity index (χ0n) is 12.7. The summed E-state index contributed by atoms with van der Waals surface area (Å²) in [5.41, 5.74) is 0.835. The van der Waals surface area contributed by atoms with Crippen molar-refractivity contribution in [3.8, 4) is 0 Å². The van der Waals surface area contributed by atoms with Gasteiger partial charge in [-0.3, -0.25) is 4.79 Å². The summed E-state index contributed by atoms with van der Waals surface area (Å²) >= 11 is 0. The van der Waals surface area contributed by atoms with Gasteiger partial charge >= 0.3 is 5.97 Å². The Balaban J connectivity index is 1.89. The van der Waals surface area contributed by atoms with Gasteiger partial charge in [-0.2, -0.15) is 4.31 Å². The van der Waals surface area contributed by atoms with Crippen molar-refractivity contribution < 1.29 is 23.1 Å². The fourth-order valence-corrected chi connectivity index (χ4v) is 4.26. The van der Waals surface area contributed by atoms with Gasteiger partial charge in [0.15, 0.2) is 0 Å². The highest BCUT2D eigenvalue weighted by Crippen LogP contribution is 2.24. The van der Waals surface area contributed by atoms with Gasteiger partial charge in [0.25, 0.3) is 0 Å². The van der Waals surface area contributed by atoms with Gasteiger partial charge in [-0.15, -0.1) is 0 Å². The Labute approximate surface area is 134 Å². The highest BCUT2D eigenvalue weighted by atomic mass is 32.2. The number of sulfonamides is 1. The Bertz CT molecular complexity index is 843. The van der Waals surface area contributed by atoms with Crippen molar-refractivity contribution in [2.75, 3.05) is 19.7 Å². The van der Waals surface area contributed by atoms with Crippen molar-refractivity contribution in [1.29, 1.82) is 0 Å². The zero-order valence-corrected chi connectivity index (χ0v) is 13.5. The molecule has 2 aromatic rings. The number of aryl methyl sites for hydroxylation is 1. The molecule has 0 aliphatic carbocycles. The molecule has 124 valence electrons. The minimum Gasteiger partial charge on any atom is -0.481 e. The first kappa shape index (κ1) is 16.0. The molecule has 0 bridgehead atoms. The summed E-state index contributed by atoms with van der Waals surface area (Å²) in [6.45, 7) is 0.479. The molecule has 1 N–H and O–H groups in total. The van der Waals surface area contributed by atoms with Crippen molar-refractivity contribution in [2.45, 2.75) is 17.4 Å². The molecule has 1 unspecified atom stereocenters. The highest BCUT2D eigenvalue weighted by Gasteiger charge is 2.31. The summed E-state index contributed by atoms with van der Waals surface area (Å²) in [6.07, 6.45) is 1.05. The topological polar surface area (TPSA) is 88.8 Å². The molecular weight excluding hydrogens is 320 g/mol. The Morgan fingerprint density at radius 3 is 2.91 bits per heavy atom. The average molecular weight is 338 g/mol. The molecule has 2 heterocycles. The Kier molecular flexibility index (Phi) is 4.13.